The van der Waals surface area contributed by atoms with E-state index in [-0.39, 0.29) is 24.3 Å². The van der Waals surface area contributed by atoms with Crippen LogP contribution in [0.25, 0.3) is 0 Å². The van der Waals surface area contributed by atoms with Crippen molar-refractivity contribution in [2.24, 2.45) is 5.92 Å². The molecule has 2 aliphatic rings. The lowest BCUT2D eigenvalue weighted by atomic mass is 10.1. The Hall–Kier alpha value is -1.20. The molecular weight excluding hydrogens is 380 g/mol. The van der Waals surface area contributed by atoms with E-state index in [1.165, 1.54) is 64.2 Å². The predicted octanol–water partition coefficient (Wildman–Crippen LogP) is 5.29. The van der Waals surface area contributed by atoms with E-state index in [0.29, 0.717) is 19.4 Å². The van der Waals surface area contributed by atoms with Gasteiger partial charge in [0.05, 0.1) is 13.2 Å². The Morgan fingerprint density at radius 1 is 1.03 bits per heavy atom. The zero-order valence-corrected chi connectivity index (χ0v) is 18.9. The zero-order chi connectivity index (χ0) is 21.7. The van der Waals surface area contributed by atoms with Crippen LogP contribution in [-0.2, 0) is 19.1 Å². The topological polar surface area (TPSA) is 72.8 Å². The van der Waals surface area contributed by atoms with E-state index in [1.807, 2.05) is 0 Å². The van der Waals surface area contributed by atoms with Gasteiger partial charge in [-0.25, -0.2) is 0 Å². The van der Waals surface area contributed by atoms with Gasteiger partial charge in [-0.2, -0.15) is 0 Å². The predicted molar refractivity (Wildman–Crippen MR) is 118 cm³/mol. The summed E-state index contributed by atoms with van der Waals surface area (Å²) in [7, 11) is 0. The van der Waals surface area contributed by atoms with Crippen molar-refractivity contribution < 1.29 is 24.2 Å². The number of allylic oxidation sites excluding steroid dienone is 2. The molecule has 2 rings (SSSR count). The first-order chi connectivity index (χ1) is 14.6. The third kappa shape index (κ3) is 8.50. The minimum atomic E-state index is -0.978. The number of unbranched alkanes of at least 4 members (excludes halogenated alkanes) is 11. The highest BCUT2D eigenvalue weighted by atomic mass is 16.6. The lowest BCUT2D eigenvalue weighted by Crippen LogP contribution is -2.16. The number of carbonyl (C=O) groups is 2. The average Bonchev–Trinajstić information content (AvgIpc) is 3.08. The van der Waals surface area contributed by atoms with E-state index in [2.05, 4.69) is 19.1 Å². The highest BCUT2D eigenvalue weighted by Gasteiger charge is 2.69. The minimum Gasteiger partial charge on any atom is -0.465 e. The van der Waals surface area contributed by atoms with E-state index < -0.39 is 11.7 Å². The molecule has 5 nitrogen and oxygen atoms in total. The molecular formula is C25H42O5. The summed E-state index contributed by atoms with van der Waals surface area (Å²) in [6, 6.07) is 0. The normalized spacial score (nSPS) is 25.5. The van der Waals surface area contributed by atoms with E-state index in [0.717, 1.165) is 19.3 Å². The van der Waals surface area contributed by atoms with Crippen molar-refractivity contribution in [1.82, 2.24) is 0 Å². The Morgan fingerprint density at radius 3 is 2.17 bits per heavy atom. The van der Waals surface area contributed by atoms with Gasteiger partial charge in [-0.15, -0.1) is 0 Å². The summed E-state index contributed by atoms with van der Waals surface area (Å²) in [4.78, 5) is 23.3. The second kappa shape index (κ2) is 14.0. The van der Waals surface area contributed by atoms with Crippen LogP contribution in [0.1, 0.15) is 103 Å². The van der Waals surface area contributed by atoms with Gasteiger partial charge in [-0.3, -0.25) is 9.59 Å². The monoisotopic (exact) mass is 422 g/mol. The maximum absolute atomic E-state index is 11.9. The number of carbonyl (C=O) groups excluding carboxylic acids is 2. The molecule has 0 aromatic rings. The molecule has 1 saturated heterocycles. The van der Waals surface area contributed by atoms with Gasteiger partial charge in [-0.1, -0.05) is 70.4 Å². The SMILES string of the molecule is CCCCCCCC/C=C\CCCCCCCC(=O)OCC1COC2(C1)C(=O)C2O. The first-order valence-electron chi connectivity index (χ1n) is 12.3. The third-order valence-corrected chi connectivity index (χ3v) is 6.32. The molecule has 2 fully saturated rings. The van der Waals surface area contributed by atoms with Crippen molar-refractivity contribution in [1.29, 1.82) is 0 Å². The fourth-order valence-electron chi connectivity index (χ4n) is 4.22. The molecule has 1 saturated carbocycles. The highest BCUT2D eigenvalue weighted by Crippen LogP contribution is 2.46. The number of rotatable bonds is 17. The number of ether oxygens (including phenoxy) is 2. The number of hydrogen-bond donors (Lipinski definition) is 1. The maximum Gasteiger partial charge on any atom is 0.305 e. The van der Waals surface area contributed by atoms with Gasteiger partial charge in [0.2, 0.25) is 0 Å². The third-order valence-electron chi connectivity index (χ3n) is 6.32. The molecule has 1 N–H and O–H groups in total. The molecule has 30 heavy (non-hydrogen) atoms. The van der Waals surface area contributed by atoms with Crippen molar-refractivity contribution in [2.75, 3.05) is 13.2 Å². The molecule has 0 amide bonds. The fraction of sp³-hybridized carbons (Fsp3) is 0.840. The Morgan fingerprint density at radius 2 is 1.60 bits per heavy atom. The number of Topliss-reactive ketones (excluding diaryl/α,β-unsaturated/α-hetero) is 1. The second-order valence-corrected chi connectivity index (χ2v) is 9.05. The van der Waals surface area contributed by atoms with Gasteiger partial charge in [0, 0.05) is 12.3 Å². The van der Waals surface area contributed by atoms with Crippen LogP contribution in [0.15, 0.2) is 12.2 Å². The first kappa shape index (κ1) is 25.1. The average molecular weight is 423 g/mol. The molecule has 1 spiro atoms. The van der Waals surface area contributed by atoms with Gasteiger partial charge in [0.1, 0.15) is 0 Å². The Labute approximate surface area is 182 Å². The summed E-state index contributed by atoms with van der Waals surface area (Å²) < 4.78 is 10.7. The molecule has 3 unspecified atom stereocenters. The van der Waals surface area contributed by atoms with E-state index in [4.69, 9.17) is 9.47 Å². The summed E-state index contributed by atoms with van der Waals surface area (Å²) in [5.41, 5.74) is -0.972. The number of ketones is 1. The van der Waals surface area contributed by atoms with E-state index >= 15 is 0 Å². The van der Waals surface area contributed by atoms with E-state index in [9.17, 15) is 14.7 Å². The van der Waals surface area contributed by atoms with Crippen LogP contribution in [-0.4, -0.2) is 41.8 Å². The summed E-state index contributed by atoms with van der Waals surface area (Å²) in [6.45, 7) is 2.92. The van der Waals surface area contributed by atoms with E-state index in [1.54, 1.807) is 0 Å². The first-order valence-corrected chi connectivity index (χ1v) is 12.3. The van der Waals surface area contributed by atoms with Gasteiger partial charge in [0.25, 0.3) is 0 Å². The van der Waals surface area contributed by atoms with Crippen molar-refractivity contribution in [3.05, 3.63) is 12.2 Å². The fourth-order valence-corrected chi connectivity index (χ4v) is 4.22. The molecule has 0 aromatic heterocycles. The Balaban J connectivity index is 1.33. The van der Waals surface area contributed by atoms with Crippen molar-refractivity contribution >= 4 is 11.8 Å². The largest absolute Gasteiger partial charge is 0.465 e. The minimum absolute atomic E-state index is 0.0177. The van der Waals surface area contributed by atoms with Crippen LogP contribution in [0.3, 0.4) is 0 Å². The standard InChI is InChI=1S/C25H42O5/c1-2-3-4-5-6-7-8-9-10-11-12-13-14-15-16-17-22(26)29-19-21-18-25(30-20-21)23(27)24(25)28/h9-10,21,23,27H,2-8,11-20H2,1H3/b10-9-. The van der Waals surface area contributed by atoms with Gasteiger partial charge >= 0.3 is 5.97 Å². The zero-order valence-electron chi connectivity index (χ0n) is 18.9. The van der Waals surface area contributed by atoms with Gasteiger partial charge in [0.15, 0.2) is 17.5 Å². The lowest BCUT2D eigenvalue weighted by molar-refractivity contribution is -0.145. The van der Waals surface area contributed by atoms with Gasteiger partial charge in [-0.05, 0) is 38.5 Å². The van der Waals surface area contributed by atoms with Crippen LogP contribution in [0.5, 0.6) is 0 Å². The lowest BCUT2D eigenvalue weighted by Gasteiger charge is -2.09. The number of aliphatic hydroxyl groups is 1. The molecule has 172 valence electrons. The molecule has 1 aliphatic carbocycles. The molecule has 0 radical (unpaired) electrons. The van der Waals surface area contributed by atoms with Gasteiger partial charge < -0.3 is 14.6 Å². The smallest absolute Gasteiger partial charge is 0.305 e. The summed E-state index contributed by atoms with van der Waals surface area (Å²) in [5, 5.41) is 9.50. The van der Waals surface area contributed by atoms with Crippen molar-refractivity contribution in [3.63, 3.8) is 0 Å². The maximum atomic E-state index is 11.9. The second-order valence-electron chi connectivity index (χ2n) is 9.05. The Kier molecular flexibility index (Phi) is 11.7. The van der Waals surface area contributed by atoms with Crippen LogP contribution < -0.4 is 0 Å². The molecule has 5 heteroatoms. The molecule has 1 heterocycles. The number of esters is 1. The van der Waals surface area contributed by atoms with Crippen LogP contribution in [0.2, 0.25) is 0 Å². The number of hydrogen-bond acceptors (Lipinski definition) is 5. The Bertz CT molecular complexity index is 544. The highest BCUT2D eigenvalue weighted by molar-refractivity contribution is 6.09. The summed E-state index contributed by atoms with van der Waals surface area (Å²) in [5.74, 6) is -0.384. The molecule has 3 atom stereocenters. The molecule has 0 aromatic carbocycles. The van der Waals surface area contributed by atoms with Crippen LogP contribution in [0, 0.1) is 5.92 Å². The van der Waals surface area contributed by atoms with Crippen LogP contribution in [0.4, 0.5) is 0 Å². The molecule has 0 bridgehead atoms. The summed E-state index contributed by atoms with van der Waals surface area (Å²) >= 11 is 0. The molecule has 1 aliphatic heterocycles. The number of aliphatic hydroxyl groups excluding tert-OH is 1. The van der Waals surface area contributed by atoms with Crippen LogP contribution >= 0.6 is 0 Å². The van der Waals surface area contributed by atoms with Crippen molar-refractivity contribution in [2.45, 2.75) is 115 Å². The summed E-state index contributed by atoms with van der Waals surface area (Å²) in [6.07, 6.45) is 20.7. The quantitative estimate of drug-likeness (QED) is 0.196. The van der Waals surface area contributed by atoms with Crippen molar-refractivity contribution in [3.8, 4) is 0 Å².